The van der Waals surface area contributed by atoms with Crippen molar-refractivity contribution in [3.63, 3.8) is 0 Å². The number of amides is 2. The quantitative estimate of drug-likeness (QED) is 0.697. The molecule has 2 N–H and O–H groups in total. The van der Waals surface area contributed by atoms with Crippen LogP contribution in [0.1, 0.15) is 31.2 Å². The van der Waals surface area contributed by atoms with E-state index in [1.165, 1.54) is 20.8 Å². The van der Waals surface area contributed by atoms with Gasteiger partial charge < -0.3 is 14.7 Å². The van der Waals surface area contributed by atoms with Crippen molar-refractivity contribution in [2.75, 3.05) is 18.4 Å². The lowest BCUT2D eigenvalue weighted by Crippen LogP contribution is -2.50. The van der Waals surface area contributed by atoms with Gasteiger partial charge in [0.1, 0.15) is 16.4 Å². The molecule has 1 aliphatic heterocycles. The maximum absolute atomic E-state index is 12.7. The summed E-state index contributed by atoms with van der Waals surface area (Å²) in [6.45, 7) is 5.27. The molecule has 1 saturated heterocycles. The molecule has 0 radical (unpaired) electrons. The highest BCUT2D eigenvalue weighted by Gasteiger charge is 2.33. The molecule has 0 aliphatic carbocycles. The Morgan fingerprint density at radius 2 is 1.93 bits per heavy atom. The number of carbonyl (C=O) groups is 2. The zero-order chi connectivity index (χ0) is 21.9. The first-order chi connectivity index (χ1) is 14.2. The molecule has 0 bridgehead atoms. The highest BCUT2D eigenvalue weighted by Crippen LogP contribution is 2.21. The lowest BCUT2D eigenvalue weighted by atomic mass is 9.95. The maximum atomic E-state index is 12.7. The van der Waals surface area contributed by atoms with E-state index in [1.54, 1.807) is 29.3 Å². The van der Waals surface area contributed by atoms with Crippen LogP contribution in [0, 0.1) is 19.8 Å². The van der Waals surface area contributed by atoms with Crippen LogP contribution in [-0.4, -0.2) is 54.4 Å². The number of nitrogens with zero attached hydrogens (tertiary/aromatic N) is 3. The van der Waals surface area contributed by atoms with Crippen LogP contribution in [-0.2, 0) is 19.6 Å². The van der Waals surface area contributed by atoms with Gasteiger partial charge in [-0.05, 0) is 45.7 Å². The summed E-state index contributed by atoms with van der Waals surface area (Å²) in [6, 6.07) is 4.31. The van der Waals surface area contributed by atoms with Crippen molar-refractivity contribution < 1.29 is 22.5 Å². The van der Waals surface area contributed by atoms with E-state index in [-0.39, 0.29) is 34.1 Å². The van der Waals surface area contributed by atoms with Crippen molar-refractivity contribution in [1.29, 1.82) is 0 Å². The van der Waals surface area contributed by atoms with E-state index in [4.69, 9.17) is 4.52 Å². The second-order valence-corrected chi connectivity index (χ2v) is 8.95. The van der Waals surface area contributed by atoms with Crippen LogP contribution < -0.4 is 10.0 Å². The summed E-state index contributed by atoms with van der Waals surface area (Å²) in [6.07, 6.45) is 2.59. The molecule has 2 amide bonds. The normalized spacial score (nSPS) is 16.3. The minimum absolute atomic E-state index is 0.0490. The number of rotatable bonds is 6. The number of carbonyl (C=O) groups excluding carboxylic acids is 2. The molecule has 1 fully saturated rings. The van der Waals surface area contributed by atoms with Gasteiger partial charge in [0.25, 0.3) is 0 Å². The summed E-state index contributed by atoms with van der Waals surface area (Å²) >= 11 is 0. The summed E-state index contributed by atoms with van der Waals surface area (Å²) in [5, 5.41) is 6.42. The van der Waals surface area contributed by atoms with Crippen LogP contribution in [0.3, 0.4) is 0 Å². The number of pyridine rings is 1. The molecule has 1 atom stereocenters. The number of hydrogen-bond acceptors (Lipinski definition) is 7. The Balaban J connectivity index is 1.55. The summed E-state index contributed by atoms with van der Waals surface area (Å²) in [5.74, 6) is -0.0463. The van der Waals surface area contributed by atoms with Crippen molar-refractivity contribution in [1.82, 2.24) is 19.8 Å². The number of hydrogen-bond donors (Lipinski definition) is 2. The third-order valence-corrected chi connectivity index (χ3v) is 6.82. The van der Waals surface area contributed by atoms with Crippen molar-refractivity contribution in [3.05, 3.63) is 35.9 Å². The van der Waals surface area contributed by atoms with Crippen molar-refractivity contribution in [2.45, 2.75) is 44.6 Å². The van der Waals surface area contributed by atoms with Crippen LogP contribution in [0.25, 0.3) is 0 Å². The van der Waals surface area contributed by atoms with Gasteiger partial charge >= 0.3 is 0 Å². The number of anilines is 1. The van der Waals surface area contributed by atoms with Gasteiger partial charge in [0.2, 0.25) is 21.8 Å². The van der Waals surface area contributed by atoms with Crippen LogP contribution in [0.15, 0.2) is 33.8 Å². The largest absolute Gasteiger partial charge is 0.360 e. The van der Waals surface area contributed by atoms with Gasteiger partial charge in [-0.3, -0.25) is 9.59 Å². The molecule has 30 heavy (non-hydrogen) atoms. The summed E-state index contributed by atoms with van der Waals surface area (Å²) in [5.41, 5.74) is 0.236. The average Bonchev–Trinajstić information content (AvgIpc) is 3.07. The Morgan fingerprint density at radius 3 is 2.50 bits per heavy atom. The molecular weight excluding hydrogens is 410 g/mol. The average molecular weight is 436 g/mol. The number of aryl methyl sites for hydroxylation is 2. The van der Waals surface area contributed by atoms with Crippen LogP contribution in [0.5, 0.6) is 0 Å². The lowest BCUT2D eigenvalue weighted by Gasteiger charge is -2.33. The molecular formula is C19H25N5O5S. The van der Waals surface area contributed by atoms with Gasteiger partial charge in [0.15, 0.2) is 5.76 Å². The molecule has 2 aromatic rings. The topological polar surface area (TPSA) is 134 Å². The highest BCUT2D eigenvalue weighted by atomic mass is 32.2. The Morgan fingerprint density at radius 1 is 1.23 bits per heavy atom. The van der Waals surface area contributed by atoms with E-state index in [2.05, 4.69) is 20.2 Å². The van der Waals surface area contributed by atoms with E-state index in [0.717, 1.165) is 0 Å². The molecule has 1 aliphatic rings. The second-order valence-electron chi connectivity index (χ2n) is 7.30. The third kappa shape index (κ3) is 4.85. The Bertz CT molecular complexity index is 994. The van der Waals surface area contributed by atoms with E-state index in [9.17, 15) is 18.0 Å². The fraction of sp³-hybridized carbons (Fsp3) is 0.474. The number of likely N-dealkylation sites (tertiary alicyclic amines) is 1. The standard InChI is InChI=1S/C19H25N5O5S/c1-12-17(14(3)29-22-12)30(27,28)23-13(2)19(26)24-10-7-15(8-11-24)18(25)21-16-6-4-5-9-20-16/h4-6,9,13,15,23H,7-8,10-11H2,1-3H3,(H,20,21,25)/t13-/m0/s1. The predicted octanol–water partition coefficient (Wildman–Crippen LogP) is 1.23. The van der Waals surface area contributed by atoms with Crippen LogP contribution in [0.2, 0.25) is 0 Å². The molecule has 3 rings (SSSR count). The van der Waals surface area contributed by atoms with E-state index in [0.29, 0.717) is 31.7 Å². The summed E-state index contributed by atoms with van der Waals surface area (Å²) in [4.78, 5) is 30.7. The van der Waals surface area contributed by atoms with E-state index >= 15 is 0 Å². The predicted molar refractivity (Wildman–Crippen MR) is 108 cm³/mol. The van der Waals surface area contributed by atoms with Gasteiger partial charge in [-0.1, -0.05) is 11.2 Å². The molecule has 0 aromatic carbocycles. The molecule has 0 spiro atoms. The van der Waals surface area contributed by atoms with Crippen LogP contribution >= 0.6 is 0 Å². The molecule has 11 heteroatoms. The molecule has 162 valence electrons. The Hall–Kier alpha value is -2.79. The number of aromatic nitrogens is 2. The molecule has 10 nitrogen and oxygen atoms in total. The summed E-state index contributed by atoms with van der Waals surface area (Å²) in [7, 11) is -3.94. The number of sulfonamides is 1. The van der Waals surface area contributed by atoms with Crippen molar-refractivity contribution in [3.8, 4) is 0 Å². The van der Waals surface area contributed by atoms with Gasteiger partial charge in [0.05, 0.1) is 6.04 Å². The SMILES string of the molecule is Cc1noc(C)c1S(=O)(=O)N[C@@H](C)C(=O)N1CCC(C(=O)Nc2ccccn2)CC1. The fourth-order valence-electron chi connectivity index (χ4n) is 3.50. The van der Waals surface area contributed by atoms with Gasteiger partial charge in [0, 0.05) is 25.2 Å². The molecule has 0 unspecified atom stereocenters. The minimum Gasteiger partial charge on any atom is -0.360 e. The van der Waals surface area contributed by atoms with Gasteiger partial charge in [-0.15, -0.1) is 0 Å². The number of piperidine rings is 1. The van der Waals surface area contributed by atoms with Crippen LogP contribution in [0.4, 0.5) is 5.82 Å². The second kappa shape index (κ2) is 8.92. The lowest BCUT2D eigenvalue weighted by molar-refractivity contribution is -0.135. The van der Waals surface area contributed by atoms with Crippen molar-refractivity contribution in [2.24, 2.45) is 5.92 Å². The Labute approximate surface area is 175 Å². The molecule has 2 aromatic heterocycles. The zero-order valence-electron chi connectivity index (χ0n) is 17.1. The smallest absolute Gasteiger partial charge is 0.246 e. The monoisotopic (exact) mass is 435 g/mol. The summed E-state index contributed by atoms with van der Waals surface area (Å²) < 4.78 is 32.5. The highest BCUT2D eigenvalue weighted by molar-refractivity contribution is 7.89. The van der Waals surface area contributed by atoms with E-state index < -0.39 is 16.1 Å². The Kier molecular flexibility index (Phi) is 6.52. The first-order valence-corrected chi connectivity index (χ1v) is 11.1. The van der Waals surface area contributed by atoms with Gasteiger partial charge in [-0.25, -0.2) is 13.4 Å². The minimum atomic E-state index is -3.94. The van der Waals surface area contributed by atoms with Gasteiger partial charge in [-0.2, -0.15) is 4.72 Å². The zero-order valence-corrected chi connectivity index (χ0v) is 17.9. The fourth-order valence-corrected chi connectivity index (χ4v) is 5.03. The first-order valence-electron chi connectivity index (χ1n) is 9.65. The number of nitrogens with one attached hydrogen (secondary N) is 2. The van der Waals surface area contributed by atoms with Crippen molar-refractivity contribution >= 4 is 27.7 Å². The molecule has 3 heterocycles. The molecule has 0 saturated carbocycles. The maximum Gasteiger partial charge on any atom is 0.246 e. The van der Waals surface area contributed by atoms with E-state index in [1.807, 2.05) is 0 Å². The first kappa shape index (κ1) is 21.9. The third-order valence-electron chi connectivity index (χ3n) is 5.03.